The molecule has 1 aliphatic heterocycles. The number of unbranched alkanes of at least 4 members (excludes halogenated alkanes) is 1. The van der Waals surface area contributed by atoms with Crippen LogP contribution in [0.5, 0.6) is 5.75 Å². The van der Waals surface area contributed by atoms with E-state index in [0.29, 0.717) is 12.2 Å². The van der Waals surface area contributed by atoms with E-state index in [2.05, 4.69) is 18.7 Å². The summed E-state index contributed by atoms with van der Waals surface area (Å²) in [4.78, 5) is 13.7. The monoisotopic (exact) mass is 305 g/mol. The molecule has 0 unspecified atom stereocenters. The van der Waals surface area contributed by atoms with Crippen LogP contribution in [0.2, 0.25) is 0 Å². The average molecular weight is 305 g/mol. The van der Waals surface area contributed by atoms with Crippen LogP contribution in [0.25, 0.3) is 0 Å². The molecule has 1 saturated heterocycles. The Bertz CT molecular complexity index is 462. The van der Waals surface area contributed by atoms with E-state index in [1.54, 1.807) is 6.92 Å². The minimum Gasteiger partial charge on any atom is -0.494 e. The van der Waals surface area contributed by atoms with Crippen LogP contribution in [-0.2, 0) is 4.74 Å². The van der Waals surface area contributed by atoms with E-state index in [-0.39, 0.29) is 5.78 Å². The maximum Gasteiger partial charge on any atom is 0.159 e. The van der Waals surface area contributed by atoms with Gasteiger partial charge in [-0.3, -0.25) is 9.69 Å². The van der Waals surface area contributed by atoms with Gasteiger partial charge in [0.1, 0.15) is 5.75 Å². The van der Waals surface area contributed by atoms with Crippen LogP contribution in [0.1, 0.15) is 44.0 Å². The zero-order valence-corrected chi connectivity index (χ0v) is 13.9. The lowest BCUT2D eigenvalue weighted by Crippen LogP contribution is -2.45. The lowest BCUT2D eigenvalue weighted by molar-refractivity contribution is -0.0682. The molecule has 0 saturated carbocycles. The molecule has 0 aromatic heterocycles. The third-order valence-electron chi connectivity index (χ3n) is 3.89. The van der Waals surface area contributed by atoms with Crippen LogP contribution in [0.3, 0.4) is 0 Å². The van der Waals surface area contributed by atoms with Gasteiger partial charge in [-0.15, -0.1) is 0 Å². The van der Waals surface area contributed by atoms with Crippen LogP contribution in [0.4, 0.5) is 0 Å². The quantitative estimate of drug-likeness (QED) is 0.573. The number of Topliss-reactive ketones (excluding diaryl/α,β-unsaturated/α-hetero) is 1. The Morgan fingerprint density at radius 2 is 1.82 bits per heavy atom. The van der Waals surface area contributed by atoms with Crippen LogP contribution in [-0.4, -0.2) is 49.1 Å². The Morgan fingerprint density at radius 1 is 1.18 bits per heavy atom. The predicted molar refractivity (Wildman–Crippen MR) is 87.6 cm³/mol. The standard InChI is InChI=1S/C18H27NO3/c1-14-12-19(13-15(2)22-14)10-4-5-11-21-18-8-6-17(7-9-18)16(3)20/h6-9,14-15H,4-5,10-13H2,1-3H3/t14-,15+. The maximum absolute atomic E-state index is 11.2. The van der Waals surface area contributed by atoms with Crippen molar-refractivity contribution >= 4 is 5.78 Å². The van der Waals surface area contributed by atoms with Crippen molar-refractivity contribution in [2.75, 3.05) is 26.2 Å². The zero-order chi connectivity index (χ0) is 15.9. The van der Waals surface area contributed by atoms with Crippen LogP contribution in [0, 0.1) is 0 Å². The second-order valence-electron chi connectivity index (χ2n) is 6.15. The zero-order valence-electron chi connectivity index (χ0n) is 13.9. The second-order valence-corrected chi connectivity index (χ2v) is 6.15. The van der Waals surface area contributed by atoms with E-state index in [1.165, 1.54) is 0 Å². The molecular formula is C18H27NO3. The molecule has 1 aromatic rings. The van der Waals surface area contributed by atoms with Gasteiger partial charge < -0.3 is 9.47 Å². The van der Waals surface area contributed by atoms with E-state index in [1.807, 2.05) is 24.3 Å². The molecule has 4 nitrogen and oxygen atoms in total. The Balaban J connectivity index is 1.62. The minimum absolute atomic E-state index is 0.0838. The van der Waals surface area contributed by atoms with Crippen LogP contribution in [0.15, 0.2) is 24.3 Å². The highest BCUT2D eigenvalue weighted by Gasteiger charge is 2.21. The smallest absolute Gasteiger partial charge is 0.159 e. The van der Waals surface area contributed by atoms with Crippen molar-refractivity contribution in [2.24, 2.45) is 0 Å². The van der Waals surface area contributed by atoms with Gasteiger partial charge in [0.05, 0.1) is 18.8 Å². The van der Waals surface area contributed by atoms with Gasteiger partial charge in [0.15, 0.2) is 5.78 Å². The first-order valence-corrected chi connectivity index (χ1v) is 8.16. The number of nitrogens with zero attached hydrogens (tertiary/aromatic N) is 1. The summed E-state index contributed by atoms with van der Waals surface area (Å²) in [5.41, 5.74) is 0.725. The number of benzene rings is 1. The van der Waals surface area contributed by atoms with E-state index >= 15 is 0 Å². The van der Waals surface area contributed by atoms with Crippen LogP contribution >= 0.6 is 0 Å². The summed E-state index contributed by atoms with van der Waals surface area (Å²) < 4.78 is 11.5. The number of hydrogen-bond donors (Lipinski definition) is 0. The fourth-order valence-electron chi connectivity index (χ4n) is 2.88. The molecule has 1 fully saturated rings. The average Bonchev–Trinajstić information content (AvgIpc) is 2.46. The van der Waals surface area contributed by atoms with Gasteiger partial charge in [0.2, 0.25) is 0 Å². The molecule has 0 amide bonds. The van der Waals surface area contributed by atoms with Crippen molar-refractivity contribution in [3.05, 3.63) is 29.8 Å². The number of ketones is 1. The van der Waals surface area contributed by atoms with E-state index in [4.69, 9.17) is 9.47 Å². The number of carbonyl (C=O) groups excluding carboxylic acids is 1. The van der Waals surface area contributed by atoms with Crippen LogP contribution < -0.4 is 4.74 Å². The number of ether oxygens (including phenoxy) is 2. The van der Waals surface area contributed by atoms with E-state index < -0.39 is 0 Å². The number of carbonyl (C=O) groups is 1. The first-order valence-electron chi connectivity index (χ1n) is 8.16. The van der Waals surface area contributed by atoms with Crippen molar-refractivity contribution in [1.82, 2.24) is 4.90 Å². The molecule has 0 aliphatic carbocycles. The summed E-state index contributed by atoms with van der Waals surface area (Å²) in [5.74, 6) is 0.916. The molecule has 4 heteroatoms. The molecule has 0 bridgehead atoms. The normalized spacial score (nSPS) is 22.5. The predicted octanol–water partition coefficient (Wildman–Crippen LogP) is 3.16. The van der Waals surface area contributed by atoms with Crippen molar-refractivity contribution in [1.29, 1.82) is 0 Å². The summed E-state index contributed by atoms with van der Waals surface area (Å²) >= 11 is 0. The van der Waals surface area contributed by atoms with Gasteiger partial charge in [0, 0.05) is 18.7 Å². The van der Waals surface area contributed by atoms with Gasteiger partial charge >= 0.3 is 0 Å². The van der Waals surface area contributed by atoms with Gasteiger partial charge in [0.25, 0.3) is 0 Å². The number of hydrogen-bond acceptors (Lipinski definition) is 4. The summed E-state index contributed by atoms with van der Waals surface area (Å²) in [6, 6.07) is 7.35. The minimum atomic E-state index is 0.0838. The molecule has 22 heavy (non-hydrogen) atoms. The lowest BCUT2D eigenvalue weighted by Gasteiger charge is -2.35. The molecule has 1 aliphatic rings. The van der Waals surface area contributed by atoms with E-state index in [0.717, 1.165) is 50.4 Å². The fraction of sp³-hybridized carbons (Fsp3) is 0.611. The topological polar surface area (TPSA) is 38.8 Å². The first kappa shape index (κ1) is 17.0. The fourth-order valence-corrected chi connectivity index (χ4v) is 2.88. The molecule has 122 valence electrons. The van der Waals surface area contributed by atoms with Gasteiger partial charge in [-0.1, -0.05) is 0 Å². The van der Waals surface area contributed by atoms with Gasteiger partial charge in [-0.05, 0) is 64.4 Å². The third-order valence-corrected chi connectivity index (χ3v) is 3.89. The highest BCUT2D eigenvalue weighted by Crippen LogP contribution is 2.14. The molecule has 2 rings (SSSR count). The Kier molecular flexibility index (Phi) is 6.40. The highest BCUT2D eigenvalue weighted by atomic mass is 16.5. The number of rotatable bonds is 7. The Morgan fingerprint density at radius 3 is 2.41 bits per heavy atom. The number of morpholine rings is 1. The lowest BCUT2D eigenvalue weighted by atomic mass is 10.1. The van der Waals surface area contributed by atoms with Gasteiger partial charge in [-0.2, -0.15) is 0 Å². The van der Waals surface area contributed by atoms with Crippen molar-refractivity contribution < 1.29 is 14.3 Å². The second kappa shape index (κ2) is 8.30. The molecule has 1 aromatic carbocycles. The summed E-state index contributed by atoms with van der Waals surface area (Å²) in [7, 11) is 0. The molecule has 0 N–H and O–H groups in total. The molecule has 0 radical (unpaired) electrons. The van der Waals surface area contributed by atoms with Gasteiger partial charge in [-0.25, -0.2) is 0 Å². The highest BCUT2D eigenvalue weighted by molar-refractivity contribution is 5.94. The largest absolute Gasteiger partial charge is 0.494 e. The summed E-state index contributed by atoms with van der Waals surface area (Å²) in [6.45, 7) is 9.71. The summed E-state index contributed by atoms with van der Waals surface area (Å²) in [6.07, 6.45) is 2.83. The van der Waals surface area contributed by atoms with Crippen molar-refractivity contribution in [2.45, 2.75) is 45.8 Å². The first-order chi connectivity index (χ1) is 10.5. The SMILES string of the molecule is CC(=O)c1ccc(OCCCCN2C[C@@H](C)O[C@@H](C)C2)cc1. The molecular weight excluding hydrogens is 278 g/mol. The molecule has 2 atom stereocenters. The Hall–Kier alpha value is -1.39. The summed E-state index contributed by atoms with van der Waals surface area (Å²) in [5, 5.41) is 0. The van der Waals surface area contributed by atoms with Crippen molar-refractivity contribution in [3.63, 3.8) is 0 Å². The molecule has 1 heterocycles. The van der Waals surface area contributed by atoms with Crippen molar-refractivity contribution in [3.8, 4) is 5.75 Å². The third kappa shape index (κ3) is 5.43. The Labute approximate surface area is 133 Å². The van der Waals surface area contributed by atoms with E-state index in [9.17, 15) is 4.79 Å². The maximum atomic E-state index is 11.2. The molecule has 0 spiro atoms.